The molecule has 2 aliphatic carbocycles. The second-order valence-electron chi connectivity index (χ2n) is 9.71. The average Bonchev–Trinajstić information content (AvgIpc) is 3.45. The number of ether oxygens (including phenoxy) is 6. The molecule has 0 bridgehead atoms. The largest absolute Gasteiger partial charge is 0.366 e. The van der Waals surface area contributed by atoms with Crippen LogP contribution in [0.25, 0.3) is 0 Å². The molecule has 0 aromatic heterocycles. The third-order valence-corrected chi connectivity index (χ3v) is 7.44. The van der Waals surface area contributed by atoms with Gasteiger partial charge < -0.3 is 28.4 Å². The van der Waals surface area contributed by atoms with Gasteiger partial charge in [-0.2, -0.15) is 0 Å². The van der Waals surface area contributed by atoms with Crippen LogP contribution in [-0.2, 0) is 28.4 Å². The highest BCUT2D eigenvalue weighted by Gasteiger charge is 2.57. The molecule has 5 fully saturated rings. The van der Waals surface area contributed by atoms with Gasteiger partial charge in [-0.05, 0) is 65.2 Å². The van der Waals surface area contributed by atoms with Gasteiger partial charge in [0.1, 0.15) is 6.10 Å². The van der Waals surface area contributed by atoms with Gasteiger partial charge in [0, 0.05) is 5.92 Å². The lowest BCUT2D eigenvalue weighted by Crippen LogP contribution is -2.31. The van der Waals surface area contributed by atoms with Crippen LogP contribution in [0.15, 0.2) is 0 Å². The summed E-state index contributed by atoms with van der Waals surface area (Å²) < 4.78 is 35.4. The van der Waals surface area contributed by atoms with Gasteiger partial charge in [0.05, 0.1) is 43.2 Å². The Morgan fingerprint density at radius 1 is 0.963 bits per heavy atom. The van der Waals surface area contributed by atoms with E-state index in [-0.39, 0.29) is 29.9 Å². The summed E-state index contributed by atoms with van der Waals surface area (Å²) in [5, 5.41) is 0. The van der Waals surface area contributed by atoms with Crippen LogP contribution in [0.1, 0.15) is 59.3 Å². The summed E-state index contributed by atoms with van der Waals surface area (Å²) in [5.74, 6) is 1.04. The second-order valence-corrected chi connectivity index (χ2v) is 9.71. The summed E-state index contributed by atoms with van der Waals surface area (Å²) in [6, 6.07) is 0. The molecule has 5 aliphatic rings. The molecule has 0 aromatic carbocycles. The Labute approximate surface area is 162 Å². The molecule has 0 aromatic rings. The lowest BCUT2D eigenvalue weighted by Gasteiger charge is -2.26. The molecular formula is C21H34O6. The zero-order valence-corrected chi connectivity index (χ0v) is 16.9. The summed E-state index contributed by atoms with van der Waals surface area (Å²) in [4.78, 5) is 0. The second kappa shape index (κ2) is 6.92. The van der Waals surface area contributed by atoms with Crippen LogP contribution >= 0.6 is 0 Å². The number of hydrogen-bond acceptors (Lipinski definition) is 6. The van der Waals surface area contributed by atoms with Gasteiger partial charge in [-0.3, -0.25) is 0 Å². The summed E-state index contributed by atoms with van der Waals surface area (Å²) >= 11 is 0. The molecule has 0 spiro atoms. The molecule has 5 rings (SSSR count). The fourth-order valence-corrected chi connectivity index (χ4v) is 5.16. The molecule has 154 valence electrons. The number of fused-ring (bicyclic) bond motifs is 2. The zero-order valence-electron chi connectivity index (χ0n) is 16.9. The minimum atomic E-state index is -0.212. The molecule has 0 amide bonds. The average molecular weight is 382 g/mol. The smallest absolute Gasteiger partial charge is 0.161 e. The summed E-state index contributed by atoms with van der Waals surface area (Å²) in [6.07, 6.45) is 7.31. The van der Waals surface area contributed by atoms with Crippen LogP contribution in [0.3, 0.4) is 0 Å². The first-order chi connectivity index (χ1) is 12.9. The SMILES string of the molecule is CC(OCC1CCC2(C)OC2C1)OCC1COC(C2CCC3(C)OC3C2)O1. The number of epoxide rings is 2. The number of rotatable bonds is 7. The molecule has 3 aliphatic heterocycles. The van der Waals surface area contributed by atoms with E-state index in [1.165, 1.54) is 6.42 Å². The van der Waals surface area contributed by atoms with Crippen molar-refractivity contribution in [1.29, 1.82) is 0 Å². The predicted molar refractivity (Wildman–Crippen MR) is 97.2 cm³/mol. The van der Waals surface area contributed by atoms with E-state index in [0.717, 1.165) is 38.7 Å². The van der Waals surface area contributed by atoms with Crippen molar-refractivity contribution >= 4 is 0 Å². The van der Waals surface area contributed by atoms with Crippen molar-refractivity contribution in [3.8, 4) is 0 Å². The third kappa shape index (κ3) is 3.94. The van der Waals surface area contributed by atoms with E-state index in [0.29, 0.717) is 37.3 Å². The van der Waals surface area contributed by atoms with E-state index < -0.39 is 0 Å². The molecule has 3 saturated heterocycles. The number of hydrogen-bond donors (Lipinski definition) is 0. The molecule has 9 atom stereocenters. The van der Waals surface area contributed by atoms with Crippen molar-refractivity contribution in [2.75, 3.05) is 19.8 Å². The van der Waals surface area contributed by atoms with Crippen LogP contribution < -0.4 is 0 Å². The molecule has 2 saturated carbocycles. The van der Waals surface area contributed by atoms with E-state index in [9.17, 15) is 0 Å². The van der Waals surface area contributed by atoms with Crippen LogP contribution in [0.5, 0.6) is 0 Å². The summed E-state index contributed by atoms with van der Waals surface area (Å²) in [5.41, 5.74) is 0.324. The van der Waals surface area contributed by atoms with Gasteiger partial charge in [0.15, 0.2) is 12.6 Å². The fourth-order valence-electron chi connectivity index (χ4n) is 5.16. The van der Waals surface area contributed by atoms with E-state index >= 15 is 0 Å². The van der Waals surface area contributed by atoms with Crippen LogP contribution in [-0.4, -0.2) is 61.9 Å². The maximum Gasteiger partial charge on any atom is 0.161 e. The van der Waals surface area contributed by atoms with Gasteiger partial charge in [0.2, 0.25) is 0 Å². The van der Waals surface area contributed by atoms with Crippen LogP contribution in [0.4, 0.5) is 0 Å². The van der Waals surface area contributed by atoms with Crippen LogP contribution in [0, 0.1) is 11.8 Å². The maximum atomic E-state index is 6.10. The molecule has 6 nitrogen and oxygen atoms in total. The Hall–Kier alpha value is -0.240. The Morgan fingerprint density at radius 3 is 2.41 bits per heavy atom. The van der Waals surface area contributed by atoms with Gasteiger partial charge >= 0.3 is 0 Å². The quantitative estimate of drug-likeness (QED) is 0.498. The van der Waals surface area contributed by atoms with Crippen molar-refractivity contribution in [3.63, 3.8) is 0 Å². The summed E-state index contributed by atoms with van der Waals surface area (Å²) in [6.45, 7) is 8.30. The van der Waals surface area contributed by atoms with E-state index in [1.807, 2.05) is 6.92 Å². The molecule has 3 heterocycles. The van der Waals surface area contributed by atoms with E-state index in [4.69, 9.17) is 28.4 Å². The Bertz CT molecular complexity index is 557. The standard InChI is InChI=1S/C21H34O6/c1-13(22-10-14-4-6-20(2)17(8-14)26-20)23-11-16-12-24-19(25-16)15-5-7-21(3)18(9-15)27-21/h13-19H,4-12H2,1-3H3. The van der Waals surface area contributed by atoms with Crippen LogP contribution in [0.2, 0.25) is 0 Å². The van der Waals surface area contributed by atoms with Crippen molar-refractivity contribution in [3.05, 3.63) is 0 Å². The highest BCUT2D eigenvalue weighted by atomic mass is 16.7. The molecule has 0 radical (unpaired) electrons. The first kappa shape index (κ1) is 18.8. The van der Waals surface area contributed by atoms with Gasteiger partial charge in [-0.1, -0.05) is 0 Å². The molecule has 0 N–H and O–H groups in total. The Kier molecular flexibility index (Phi) is 4.81. The van der Waals surface area contributed by atoms with Gasteiger partial charge in [-0.15, -0.1) is 0 Å². The highest BCUT2D eigenvalue weighted by Crippen LogP contribution is 2.51. The van der Waals surface area contributed by atoms with Crippen molar-refractivity contribution in [2.24, 2.45) is 11.8 Å². The third-order valence-electron chi connectivity index (χ3n) is 7.44. The lowest BCUT2D eigenvalue weighted by atomic mass is 9.82. The monoisotopic (exact) mass is 382 g/mol. The normalized spacial score (nSPS) is 52.1. The zero-order chi connectivity index (χ0) is 18.6. The van der Waals surface area contributed by atoms with E-state index in [2.05, 4.69) is 13.8 Å². The summed E-state index contributed by atoms with van der Waals surface area (Å²) in [7, 11) is 0. The van der Waals surface area contributed by atoms with Crippen molar-refractivity contribution in [1.82, 2.24) is 0 Å². The molecular weight excluding hydrogens is 348 g/mol. The van der Waals surface area contributed by atoms with Crippen molar-refractivity contribution < 1.29 is 28.4 Å². The molecule has 9 unspecified atom stereocenters. The predicted octanol–water partition coefficient (Wildman–Crippen LogP) is 3.02. The Balaban J connectivity index is 0.977. The molecule has 27 heavy (non-hydrogen) atoms. The highest BCUT2D eigenvalue weighted by molar-refractivity contribution is 5.04. The Morgan fingerprint density at radius 2 is 1.67 bits per heavy atom. The minimum Gasteiger partial charge on any atom is -0.366 e. The fraction of sp³-hybridized carbons (Fsp3) is 1.00. The topological polar surface area (TPSA) is 62.0 Å². The first-order valence-corrected chi connectivity index (χ1v) is 10.8. The maximum absolute atomic E-state index is 6.10. The van der Waals surface area contributed by atoms with E-state index in [1.54, 1.807) is 0 Å². The first-order valence-electron chi connectivity index (χ1n) is 10.8. The van der Waals surface area contributed by atoms with Gasteiger partial charge in [-0.25, -0.2) is 0 Å². The minimum absolute atomic E-state index is 0.00438. The molecule has 6 heteroatoms. The lowest BCUT2D eigenvalue weighted by molar-refractivity contribution is -0.165. The van der Waals surface area contributed by atoms with Crippen molar-refractivity contribution in [2.45, 2.75) is 101 Å². The van der Waals surface area contributed by atoms with Gasteiger partial charge in [0.25, 0.3) is 0 Å².